The van der Waals surface area contributed by atoms with Crippen LogP contribution in [0.4, 0.5) is 4.79 Å². The van der Waals surface area contributed by atoms with Crippen molar-refractivity contribution in [2.45, 2.75) is 32.8 Å². The number of rotatable bonds is 4. The minimum atomic E-state index is -0.0711. The van der Waals surface area contributed by atoms with Gasteiger partial charge in [0.25, 0.3) is 0 Å². The molecule has 6 nitrogen and oxygen atoms in total. The number of hydrogen-bond acceptors (Lipinski definition) is 4. The molecule has 1 unspecified atom stereocenters. The molecule has 1 aliphatic heterocycles. The van der Waals surface area contributed by atoms with E-state index in [1.165, 1.54) is 0 Å². The first kappa shape index (κ1) is 15.3. The zero-order valence-corrected chi connectivity index (χ0v) is 12.6. The van der Waals surface area contributed by atoms with Gasteiger partial charge in [-0.25, -0.2) is 9.78 Å². The van der Waals surface area contributed by atoms with Gasteiger partial charge in [-0.3, -0.25) is 0 Å². The predicted octanol–water partition coefficient (Wildman–Crippen LogP) is 1.83. The second kappa shape index (κ2) is 7.06. The van der Waals surface area contributed by atoms with Gasteiger partial charge in [0.05, 0.1) is 6.54 Å². The third-order valence-corrected chi connectivity index (χ3v) is 3.29. The summed E-state index contributed by atoms with van der Waals surface area (Å²) in [4.78, 5) is 22.2. The molecule has 0 aromatic carbocycles. The van der Waals surface area contributed by atoms with Gasteiger partial charge in [-0.15, -0.1) is 6.58 Å². The Hall–Kier alpha value is -2.11. The Balaban J connectivity index is 1.94. The van der Waals surface area contributed by atoms with Crippen LogP contribution in [0.2, 0.25) is 0 Å². The van der Waals surface area contributed by atoms with Crippen LogP contribution in [0.5, 0.6) is 5.88 Å². The van der Waals surface area contributed by atoms with Crippen molar-refractivity contribution >= 4 is 6.03 Å². The molecule has 6 heteroatoms. The summed E-state index contributed by atoms with van der Waals surface area (Å²) in [6.45, 7) is 9.16. The summed E-state index contributed by atoms with van der Waals surface area (Å²) in [5, 5.41) is 2.79. The molecule has 0 aliphatic carbocycles. The molecule has 1 fully saturated rings. The SMILES string of the molecule is C=CCNC(=O)N1CCCC(Oc2cc(C)nc(C)n2)C1. The third kappa shape index (κ3) is 4.44. The number of hydrogen-bond donors (Lipinski definition) is 1. The number of likely N-dealkylation sites (tertiary alicyclic amines) is 1. The molecule has 1 aromatic rings. The van der Waals surface area contributed by atoms with Gasteiger partial charge < -0.3 is 15.0 Å². The summed E-state index contributed by atoms with van der Waals surface area (Å²) in [5.41, 5.74) is 0.883. The molecule has 0 radical (unpaired) electrons. The molecule has 1 saturated heterocycles. The summed E-state index contributed by atoms with van der Waals surface area (Å²) in [6.07, 6.45) is 3.49. The first-order valence-electron chi connectivity index (χ1n) is 7.21. The van der Waals surface area contributed by atoms with Crippen LogP contribution >= 0.6 is 0 Å². The number of nitrogens with one attached hydrogen (secondary N) is 1. The predicted molar refractivity (Wildman–Crippen MR) is 80.3 cm³/mol. The molecule has 2 amide bonds. The van der Waals surface area contributed by atoms with Gasteiger partial charge >= 0.3 is 6.03 Å². The highest BCUT2D eigenvalue weighted by molar-refractivity contribution is 5.74. The minimum Gasteiger partial charge on any atom is -0.472 e. The van der Waals surface area contributed by atoms with E-state index in [1.54, 1.807) is 11.0 Å². The number of urea groups is 1. The second-order valence-electron chi connectivity index (χ2n) is 5.20. The van der Waals surface area contributed by atoms with Crippen molar-refractivity contribution in [1.29, 1.82) is 0 Å². The van der Waals surface area contributed by atoms with E-state index >= 15 is 0 Å². The van der Waals surface area contributed by atoms with E-state index in [4.69, 9.17) is 4.74 Å². The fourth-order valence-electron chi connectivity index (χ4n) is 2.40. The van der Waals surface area contributed by atoms with E-state index in [1.807, 2.05) is 19.9 Å². The van der Waals surface area contributed by atoms with Crippen LogP contribution in [0.15, 0.2) is 18.7 Å². The van der Waals surface area contributed by atoms with Gasteiger partial charge in [-0.2, -0.15) is 4.98 Å². The number of piperidine rings is 1. The monoisotopic (exact) mass is 290 g/mol. The largest absolute Gasteiger partial charge is 0.472 e. The molecule has 1 N–H and O–H groups in total. The standard InChI is InChI=1S/C15H22N4O2/c1-4-7-16-15(20)19-8-5-6-13(10-19)21-14-9-11(2)17-12(3)18-14/h4,9,13H,1,5-8,10H2,2-3H3,(H,16,20). The van der Waals surface area contributed by atoms with Gasteiger partial charge in [0.15, 0.2) is 0 Å². The Bertz CT molecular complexity index is 498. The topological polar surface area (TPSA) is 67.4 Å². The van der Waals surface area contributed by atoms with Gasteiger partial charge in [0, 0.05) is 24.8 Å². The lowest BCUT2D eigenvalue weighted by atomic mass is 10.1. The van der Waals surface area contributed by atoms with Crippen LogP contribution in [0, 0.1) is 13.8 Å². The summed E-state index contributed by atoms with van der Waals surface area (Å²) in [5.74, 6) is 1.28. The average Bonchev–Trinajstić information content (AvgIpc) is 2.44. The number of ether oxygens (including phenoxy) is 1. The molecule has 1 atom stereocenters. The molecule has 0 saturated carbocycles. The van der Waals surface area contributed by atoms with Crippen LogP contribution in [0.25, 0.3) is 0 Å². The van der Waals surface area contributed by atoms with Gasteiger partial charge in [-0.1, -0.05) is 6.08 Å². The van der Waals surface area contributed by atoms with Crippen molar-refractivity contribution in [2.24, 2.45) is 0 Å². The second-order valence-corrected chi connectivity index (χ2v) is 5.20. The maximum Gasteiger partial charge on any atom is 0.317 e. The number of nitrogens with zero attached hydrogens (tertiary/aromatic N) is 3. The maximum absolute atomic E-state index is 11.9. The summed E-state index contributed by atoms with van der Waals surface area (Å²) < 4.78 is 5.91. The van der Waals surface area contributed by atoms with Crippen LogP contribution in [0.3, 0.4) is 0 Å². The van der Waals surface area contributed by atoms with Crippen molar-refractivity contribution in [3.63, 3.8) is 0 Å². The molecule has 1 aromatic heterocycles. The van der Waals surface area contributed by atoms with Crippen LogP contribution < -0.4 is 10.1 Å². The number of carbonyl (C=O) groups excluding carboxylic acids is 1. The van der Waals surface area contributed by atoms with Crippen molar-refractivity contribution in [1.82, 2.24) is 20.2 Å². The van der Waals surface area contributed by atoms with Crippen LogP contribution in [-0.4, -0.2) is 46.6 Å². The number of aromatic nitrogens is 2. The fraction of sp³-hybridized carbons (Fsp3) is 0.533. The number of aryl methyl sites for hydroxylation is 2. The molecule has 0 spiro atoms. The van der Waals surface area contributed by atoms with Gasteiger partial charge in [-0.05, 0) is 26.7 Å². The zero-order chi connectivity index (χ0) is 15.2. The molecule has 0 bridgehead atoms. The first-order valence-corrected chi connectivity index (χ1v) is 7.21. The highest BCUT2D eigenvalue weighted by Crippen LogP contribution is 2.17. The number of amides is 2. The van der Waals surface area contributed by atoms with E-state index in [0.29, 0.717) is 24.8 Å². The Morgan fingerprint density at radius 2 is 2.38 bits per heavy atom. The van der Waals surface area contributed by atoms with Crippen molar-refractivity contribution in [3.8, 4) is 5.88 Å². The molecule has 1 aliphatic rings. The normalized spacial score (nSPS) is 18.2. The molecule has 21 heavy (non-hydrogen) atoms. The molecule has 114 valence electrons. The van der Waals surface area contributed by atoms with Crippen LogP contribution in [0.1, 0.15) is 24.4 Å². The van der Waals surface area contributed by atoms with E-state index in [-0.39, 0.29) is 12.1 Å². The quantitative estimate of drug-likeness (QED) is 0.859. The first-order chi connectivity index (χ1) is 10.1. The molecule has 2 rings (SSSR count). The number of carbonyl (C=O) groups is 1. The zero-order valence-electron chi connectivity index (χ0n) is 12.6. The lowest BCUT2D eigenvalue weighted by Gasteiger charge is -2.32. The lowest BCUT2D eigenvalue weighted by molar-refractivity contribution is 0.0978. The smallest absolute Gasteiger partial charge is 0.317 e. The van der Waals surface area contributed by atoms with Gasteiger partial charge in [0.2, 0.25) is 5.88 Å². The van der Waals surface area contributed by atoms with Crippen molar-refractivity contribution in [2.75, 3.05) is 19.6 Å². The van der Waals surface area contributed by atoms with E-state index in [9.17, 15) is 4.79 Å². The summed E-state index contributed by atoms with van der Waals surface area (Å²) in [6, 6.07) is 1.75. The maximum atomic E-state index is 11.9. The molecular weight excluding hydrogens is 268 g/mol. The Morgan fingerprint density at radius 1 is 1.57 bits per heavy atom. The highest BCUT2D eigenvalue weighted by atomic mass is 16.5. The lowest BCUT2D eigenvalue weighted by Crippen LogP contribution is -2.48. The average molecular weight is 290 g/mol. The Morgan fingerprint density at radius 3 is 3.10 bits per heavy atom. The Kier molecular flexibility index (Phi) is 5.14. The molecular formula is C15H22N4O2. The molecule has 2 heterocycles. The fourth-order valence-corrected chi connectivity index (χ4v) is 2.40. The highest BCUT2D eigenvalue weighted by Gasteiger charge is 2.25. The third-order valence-electron chi connectivity index (χ3n) is 3.29. The summed E-state index contributed by atoms with van der Waals surface area (Å²) >= 11 is 0. The van der Waals surface area contributed by atoms with Gasteiger partial charge in [0.1, 0.15) is 11.9 Å². The Labute approximate surface area is 125 Å². The van der Waals surface area contributed by atoms with Crippen molar-refractivity contribution < 1.29 is 9.53 Å². The van der Waals surface area contributed by atoms with Crippen LogP contribution in [-0.2, 0) is 0 Å². The van der Waals surface area contributed by atoms with E-state index in [2.05, 4.69) is 21.9 Å². The van der Waals surface area contributed by atoms with Crippen molar-refractivity contribution in [3.05, 3.63) is 30.2 Å². The van der Waals surface area contributed by atoms with E-state index in [0.717, 1.165) is 25.1 Å². The summed E-state index contributed by atoms with van der Waals surface area (Å²) in [7, 11) is 0. The minimum absolute atomic E-state index is 0.0260. The van der Waals surface area contributed by atoms with E-state index < -0.39 is 0 Å².